The largest absolute Gasteiger partial charge is 0.469 e. The van der Waals surface area contributed by atoms with Crippen LogP contribution in [0.4, 0.5) is 0 Å². The van der Waals surface area contributed by atoms with Gasteiger partial charge in [0.1, 0.15) is 48.8 Å². The third kappa shape index (κ3) is 9.30. The van der Waals surface area contributed by atoms with Gasteiger partial charge in [0, 0.05) is 53.4 Å². The Bertz CT molecular complexity index is 1800. The molecule has 0 bridgehead atoms. The molecule has 0 radical (unpaired) electrons. The predicted molar refractivity (Wildman–Crippen MR) is 230 cm³/mol. The number of esters is 1. The molecule has 7 fully saturated rings. The van der Waals surface area contributed by atoms with Crippen LogP contribution < -0.4 is 0 Å². The molecule has 7 aliphatic heterocycles. The van der Waals surface area contributed by atoms with Gasteiger partial charge in [-0.25, -0.2) is 0 Å². The number of hydrogen-bond acceptors (Lipinski definition) is 19. The molecule has 9 aliphatic rings. The summed E-state index contributed by atoms with van der Waals surface area (Å²) in [5.41, 5.74) is 2.01. The molecule has 0 aromatic carbocycles. The number of carbonyl (C=O) groups is 1. The summed E-state index contributed by atoms with van der Waals surface area (Å²) >= 11 is 0. The lowest BCUT2D eigenvalue weighted by Gasteiger charge is -2.54. The molecule has 7 heterocycles. The molecule has 67 heavy (non-hydrogen) atoms. The minimum Gasteiger partial charge on any atom is -0.469 e. The summed E-state index contributed by atoms with van der Waals surface area (Å²) in [6.07, 6.45) is -6.13. The topological polar surface area (TPSA) is 238 Å². The standard InChI is InChI=1S/C48H74O19/c1-21-42(65-36-15-32(56-7)43(22(2)61-36)66-37-16-33(57-8)44(23(3)62-37)67-46-41(53)40(52)39(51)34(18-49)64-46)31(55-6)14-30(60-21)27-13-25-10-11-26-28(47(25,4)17-29(27)50)12-9-24-19-58-48(5)38(24)35(20-59-48)63-45(26)54/h10,19,21-23,26-44,46,49-53H,9,11-18,20H2,1-8H3/t21-,22+,23-,26-,27-,28+,29-,30-,31+,32+,33+,34-,35-,36+,37+,38-,39-,40+,41-,42-,43-,44-,46+,47+,48+/m1/s1. The highest BCUT2D eigenvalue weighted by Gasteiger charge is 2.59. The van der Waals surface area contributed by atoms with E-state index in [1.54, 1.807) is 21.1 Å². The highest BCUT2D eigenvalue weighted by atomic mass is 16.8. The average Bonchev–Trinajstić information content (AvgIpc) is 3.82. The van der Waals surface area contributed by atoms with E-state index in [2.05, 4.69) is 13.0 Å². The minimum atomic E-state index is -1.59. The summed E-state index contributed by atoms with van der Waals surface area (Å²) in [6.45, 7) is 9.50. The van der Waals surface area contributed by atoms with Crippen molar-refractivity contribution in [1.82, 2.24) is 0 Å². The number of methoxy groups -OCH3 is 3. The number of rotatable bonds is 11. The van der Waals surface area contributed by atoms with Gasteiger partial charge in [0.25, 0.3) is 0 Å². The van der Waals surface area contributed by atoms with Crippen molar-refractivity contribution in [2.45, 2.75) is 208 Å². The zero-order valence-corrected chi connectivity index (χ0v) is 40.0. The maximum absolute atomic E-state index is 13.9. The van der Waals surface area contributed by atoms with Crippen LogP contribution in [0.25, 0.3) is 0 Å². The van der Waals surface area contributed by atoms with Crippen LogP contribution in [0.1, 0.15) is 86.0 Å². The number of carbonyl (C=O) groups excluding carboxylic acids is 1. The van der Waals surface area contributed by atoms with Crippen molar-refractivity contribution in [3.8, 4) is 0 Å². The second kappa shape index (κ2) is 20.0. The number of ether oxygens (including phenoxy) is 13. The van der Waals surface area contributed by atoms with E-state index in [9.17, 15) is 30.3 Å². The quantitative estimate of drug-likeness (QED) is 0.147. The second-order valence-electron chi connectivity index (χ2n) is 20.8. The fourth-order valence-corrected chi connectivity index (χ4v) is 13.2. The Hall–Kier alpha value is -1.89. The van der Waals surface area contributed by atoms with Crippen LogP contribution in [0.3, 0.4) is 0 Å². The molecule has 0 unspecified atom stereocenters. The molecule has 0 spiro atoms. The predicted octanol–water partition coefficient (Wildman–Crippen LogP) is 1.76. The minimum absolute atomic E-state index is 0.00117. The van der Waals surface area contributed by atoms with Gasteiger partial charge in [-0.3, -0.25) is 4.79 Å². The number of aliphatic hydroxyl groups is 5. The van der Waals surface area contributed by atoms with E-state index in [0.717, 1.165) is 18.4 Å². The van der Waals surface area contributed by atoms with Crippen LogP contribution in [-0.2, 0) is 66.4 Å². The fraction of sp³-hybridized carbons (Fsp3) is 0.896. The number of allylic oxidation sites excluding steroid dienone is 2. The van der Waals surface area contributed by atoms with Crippen LogP contribution in [0.15, 0.2) is 23.5 Å². The second-order valence-corrected chi connectivity index (χ2v) is 20.8. The monoisotopic (exact) mass is 954 g/mol. The van der Waals surface area contributed by atoms with E-state index in [0.29, 0.717) is 38.7 Å². The summed E-state index contributed by atoms with van der Waals surface area (Å²) in [5.74, 6) is -1.59. The zero-order valence-electron chi connectivity index (χ0n) is 40.0. The Labute approximate surface area is 392 Å². The molecule has 5 N–H and O–H groups in total. The van der Waals surface area contributed by atoms with Gasteiger partial charge in [-0.15, -0.1) is 0 Å². The van der Waals surface area contributed by atoms with E-state index in [1.165, 1.54) is 12.7 Å². The summed E-state index contributed by atoms with van der Waals surface area (Å²) in [6, 6.07) is 0. The SMILES string of the molecule is CO[C@H]1C[C@H](O[C@H]2[C@@H](OC)C[C@H]([C@@H]3CC4=CC[C@H]5C(=O)O[C@@H]6CO[C@]7(C)OC=C(CC[C@@H]5[C@@]4(C)C[C@H]3O)[C@H]67)O[C@@H]2C)O[C@@H](C)[C@H]1O[C@H]1C[C@H](OC)[C@H](O[C@@H]2O[C@H](CO)[C@@H](O)[C@H](O)[C@H]2O)[C@@H](C)O1. The summed E-state index contributed by atoms with van der Waals surface area (Å²) in [5, 5.41) is 52.8. The van der Waals surface area contributed by atoms with E-state index in [-0.39, 0.29) is 59.8 Å². The first kappa shape index (κ1) is 50.1. The molecular weight excluding hydrogens is 881 g/mol. The summed E-state index contributed by atoms with van der Waals surface area (Å²) in [7, 11) is 4.80. The van der Waals surface area contributed by atoms with Crippen LogP contribution in [0.5, 0.6) is 0 Å². The number of hydrogen-bond donors (Lipinski definition) is 5. The molecule has 0 aromatic rings. The van der Waals surface area contributed by atoms with E-state index in [1.807, 2.05) is 27.0 Å². The van der Waals surface area contributed by atoms with Crippen LogP contribution in [0, 0.1) is 29.1 Å². The van der Waals surface area contributed by atoms with Crippen LogP contribution >= 0.6 is 0 Å². The number of fused-ring (bicyclic) bond motifs is 3. The first-order valence-electron chi connectivity index (χ1n) is 24.4. The molecule has 6 saturated heterocycles. The first-order valence-corrected chi connectivity index (χ1v) is 24.4. The molecule has 25 atom stereocenters. The van der Waals surface area contributed by atoms with Gasteiger partial charge in [-0.2, -0.15) is 0 Å². The Morgan fingerprint density at radius 1 is 0.761 bits per heavy atom. The van der Waals surface area contributed by atoms with Crippen molar-refractivity contribution >= 4 is 5.97 Å². The van der Waals surface area contributed by atoms with E-state index < -0.39 is 111 Å². The third-order valence-electron chi connectivity index (χ3n) is 16.9. The van der Waals surface area contributed by atoms with Crippen LogP contribution in [-0.4, -0.2) is 188 Å². The molecular formula is C48H74O19. The molecule has 19 nitrogen and oxygen atoms in total. The van der Waals surface area contributed by atoms with Crippen molar-refractivity contribution in [2.75, 3.05) is 34.5 Å². The lowest BCUT2D eigenvalue weighted by Crippen LogP contribution is -2.62. The van der Waals surface area contributed by atoms with Crippen molar-refractivity contribution in [1.29, 1.82) is 0 Å². The lowest BCUT2D eigenvalue weighted by atomic mass is 9.53. The van der Waals surface area contributed by atoms with Gasteiger partial charge in [-0.05, 0) is 69.8 Å². The molecule has 0 amide bonds. The van der Waals surface area contributed by atoms with Gasteiger partial charge in [0.2, 0.25) is 5.79 Å². The van der Waals surface area contributed by atoms with Crippen molar-refractivity contribution in [3.05, 3.63) is 23.5 Å². The van der Waals surface area contributed by atoms with Crippen molar-refractivity contribution in [3.63, 3.8) is 0 Å². The Balaban J connectivity index is 0.799. The highest BCUT2D eigenvalue weighted by molar-refractivity contribution is 5.74. The van der Waals surface area contributed by atoms with E-state index in [4.69, 9.17) is 61.6 Å². The Kier molecular flexibility index (Phi) is 14.9. The molecule has 2 aliphatic carbocycles. The Morgan fingerprint density at radius 3 is 2.00 bits per heavy atom. The molecule has 1 saturated carbocycles. The van der Waals surface area contributed by atoms with Crippen molar-refractivity contribution < 1.29 is 91.9 Å². The summed E-state index contributed by atoms with van der Waals surface area (Å²) < 4.78 is 80.4. The smallest absolute Gasteiger partial charge is 0.309 e. The third-order valence-corrected chi connectivity index (χ3v) is 16.9. The maximum atomic E-state index is 13.9. The fourth-order valence-electron chi connectivity index (χ4n) is 13.2. The Morgan fingerprint density at radius 2 is 1.37 bits per heavy atom. The molecule has 19 heteroatoms. The lowest BCUT2D eigenvalue weighted by molar-refractivity contribution is -0.355. The first-order chi connectivity index (χ1) is 32.0. The maximum Gasteiger partial charge on any atom is 0.309 e. The number of aliphatic hydroxyl groups excluding tert-OH is 5. The highest BCUT2D eigenvalue weighted by Crippen LogP contribution is 2.58. The average molecular weight is 955 g/mol. The molecule has 0 aromatic heterocycles. The molecule has 380 valence electrons. The van der Waals surface area contributed by atoms with Gasteiger partial charge >= 0.3 is 5.97 Å². The van der Waals surface area contributed by atoms with Crippen molar-refractivity contribution in [2.24, 2.45) is 29.1 Å². The molecule has 9 rings (SSSR count). The van der Waals surface area contributed by atoms with Crippen LogP contribution in [0.2, 0.25) is 0 Å². The van der Waals surface area contributed by atoms with Gasteiger partial charge in [0.05, 0.1) is 80.1 Å². The van der Waals surface area contributed by atoms with Gasteiger partial charge in [-0.1, -0.05) is 18.6 Å². The summed E-state index contributed by atoms with van der Waals surface area (Å²) in [4.78, 5) is 13.9. The van der Waals surface area contributed by atoms with Gasteiger partial charge in [0.15, 0.2) is 18.9 Å². The van der Waals surface area contributed by atoms with E-state index >= 15 is 0 Å². The zero-order chi connectivity index (χ0) is 47.7. The van der Waals surface area contributed by atoms with Gasteiger partial charge < -0.3 is 87.1 Å². The normalized spacial score (nSPS) is 52.3.